The SMILES string of the molecule is CC.CC.O=Cc1ccn2ccccc12. The molecule has 0 aliphatic heterocycles. The molecule has 82 valence electrons. The molecule has 0 atom stereocenters. The number of aromatic nitrogens is 1. The minimum absolute atomic E-state index is 0.741. The van der Waals surface area contributed by atoms with E-state index in [2.05, 4.69) is 0 Å². The van der Waals surface area contributed by atoms with Gasteiger partial charge in [0, 0.05) is 18.0 Å². The van der Waals surface area contributed by atoms with E-state index in [0.717, 1.165) is 17.4 Å². The summed E-state index contributed by atoms with van der Waals surface area (Å²) in [6.07, 6.45) is 4.66. The summed E-state index contributed by atoms with van der Waals surface area (Å²) in [5.74, 6) is 0. The van der Waals surface area contributed by atoms with Crippen LogP contribution in [-0.4, -0.2) is 10.7 Å². The van der Waals surface area contributed by atoms with Crippen LogP contribution in [0.15, 0.2) is 36.7 Å². The fraction of sp³-hybridized carbons (Fsp3) is 0.308. The molecule has 15 heavy (non-hydrogen) atoms. The van der Waals surface area contributed by atoms with Crippen molar-refractivity contribution in [1.29, 1.82) is 0 Å². The van der Waals surface area contributed by atoms with Crippen molar-refractivity contribution in [2.24, 2.45) is 0 Å². The van der Waals surface area contributed by atoms with Crippen molar-refractivity contribution in [2.75, 3.05) is 0 Å². The van der Waals surface area contributed by atoms with Crippen molar-refractivity contribution in [1.82, 2.24) is 4.40 Å². The molecule has 2 nitrogen and oxygen atoms in total. The second-order valence-corrected chi connectivity index (χ2v) is 2.38. The largest absolute Gasteiger partial charge is 0.323 e. The van der Waals surface area contributed by atoms with E-state index in [1.165, 1.54) is 0 Å². The van der Waals surface area contributed by atoms with Crippen LogP contribution in [0, 0.1) is 0 Å². The third-order valence-corrected chi connectivity index (χ3v) is 1.73. The van der Waals surface area contributed by atoms with Crippen LogP contribution in [0.1, 0.15) is 38.1 Å². The van der Waals surface area contributed by atoms with Gasteiger partial charge in [0.05, 0.1) is 5.52 Å². The van der Waals surface area contributed by atoms with E-state index in [0.29, 0.717) is 0 Å². The monoisotopic (exact) mass is 205 g/mol. The number of nitrogens with zero attached hydrogens (tertiary/aromatic N) is 1. The third kappa shape index (κ3) is 3.24. The molecule has 2 rings (SSSR count). The van der Waals surface area contributed by atoms with Crippen molar-refractivity contribution in [3.8, 4) is 0 Å². The Morgan fingerprint density at radius 1 is 1.00 bits per heavy atom. The van der Waals surface area contributed by atoms with Gasteiger partial charge in [0.1, 0.15) is 0 Å². The van der Waals surface area contributed by atoms with E-state index < -0.39 is 0 Å². The van der Waals surface area contributed by atoms with Crippen LogP contribution in [0.4, 0.5) is 0 Å². The highest BCUT2D eigenvalue weighted by Crippen LogP contribution is 2.08. The summed E-state index contributed by atoms with van der Waals surface area (Å²) < 4.78 is 1.92. The van der Waals surface area contributed by atoms with E-state index in [4.69, 9.17) is 0 Å². The number of rotatable bonds is 1. The quantitative estimate of drug-likeness (QED) is 0.649. The highest BCUT2D eigenvalue weighted by molar-refractivity contribution is 5.86. The summed E-state index contributed by atoms with van der Waals surface area (Å²) in [6.45, 7) is 8.00. The number of fused-ring (bicyclic) bond motifs is 1. The molecule has 0 aromatic carbocycles. The van der Waals surface area contributed by atoms with Crippen LogP contribution >= 0.6 is 0 Å². The topological polar surface area (TPSA) is 21.5 Å². The molecule has 0 aliphatic rings. The molecule has 0 saturated carbocycles. The highest BCUT2D eigenvalue weighted by atomic mass is 16.1. The van der Waals surface area contributed by atoms with Crippen LogP contribution in [0.5, 0.6) is 0 Å². The maximum absolute atomic E-state index is 10.5. The highest BCUT2D eigenvalue weighted by Gasteiger charge is 1.97. The summed E-state index contributed by atoms with van der Waals surface area (Å²) in [5.41, 5.74) is 1.70. The maximum atomic E-state index is 10.5. The van der Waals surface area contributed by atoms with Gasteiger partial charge < -0.3 is 4.40 Å². The average molecular weight is 205 g/mol. The van der Waals surface area contributed by atoms with E-state index in [1.54, 1.807) is 0 Å². The summed E-state index contributed by atoms with van der Waals surface area (Å²) >= 11 is 0. The zero-order valence-electron chi connectivity index (χ0n) is 9.90. The summed E-state index contributed by atoms with van der Waals surface area (Å²) in [6, 6.07) is 7.58. The lowest BCUT2D eigenvalue weighted by Gasteiger charge is -1.91. The molecule has 0 spiro atoms. The molecule has 2 aromatic heterocycles. The average Bonchev–Trinajstić information content (AvgIpc) is 2.77. The fourth-order valence-corrected chi connectivity index (χ4v) is 1.18. The van der Waals surface area contributed by atoms with E-state index in [9.17, 15) is 4.79 Å². The summed E-state index contributed by atoms with van der Waals surface area (Å²) in [5, 5.41) is 0. The first kappa shape index (κ1) is 13.4. The minimum Gasteiger partial charge on any atom is -0.323 e. The van der Waals surface area contributed by atoms with Gasteiger partial charge in [0.15, 0.2) is 6.29 Å². The number of carbonyl (C=O) groups is 1. The van der Waals surface area contributed by atoms with Crippen molar-refractivity contribution < 1.29 is 4.79 Å². The van der Waals surface area contributed by atoms with Crippen LogP contribution < -0.4 is 0 Å². The predicted molar refractivity (Wildman–Crippen MR) is 65.5 cm³/mol. The van der Waals surface area contributed by atoms with Gasteiger partial charge in [0.2, 0.25) is 0 Å². The number of hydrogen-bond acceptors (Lipinski definition) is 1. The lowest BCUT2D eigenvalue weighted by atomic mass is 10.3. The van der Waals surface area contributed by atoms with Crippen LogP contribution in [-0.2, 0) is 0 Å². The van der Waals surface area contributed by atoms with Crippen LogP contribution in [0.3, 0.4) is 0 Å². The Balaban J connectivity index is 0.000000442. The Morgan fingerprint density at radius 2 is 1.67 bits per heavy atom. The first-order chi connectivity index (χ1) is 7.42. The molecule has 0 bridgehead atoms. The Hall–Kier alpha value is -1.57. The van der Waals surface area contributed by atoms with E-state index >= 15 is 0 Å². The number of pyridine rings is 1. The van der Waals surface area contributed by atoms with Crippen molar-refractivity contribution in [2.45, 2.75) is 27.7 Å². The number of carbonyl (C=O) groups excluding carboxylic acids is 1. The first-order valence-electron chi connectivity index (χ1n) is 5.43. The van der Waals surface area contributed by atoms with Gasteiger partial charge in [-0.05, 0) is 18.2 Å². The van der Waals surface area contributed by atoms with E-state index in [-0.39, 0.29) is 0 Å². The molecular weight excluding hydrogens is 186 g/mol. The lowest BCUT2D eigenvalue weighted by molar-refractivity contribution is 0.112. The molecule has 0 saturated heterocycles. The number of hydrogen-bond donors (Lipinski definition) is 0. The minimum atomic E-state index is 0.741. The molecule has 2 heterocycles. The van der Waals surface area contributed by atoms with Gasteiger partial charge in [-0.3, -0.25) is 4.79 Å². The smallest absolute Gasteiger partial charge is 0.152 e. The van der Waals surface area contributed by atoms with Crippen molar-refractivity contribution in [3.63, 3.8) is 0 Å². The van der Waals surface area contributed by atoms with Gasteiger partial charge >= 0.3 is 0 Å². The van der Waals surface area contributed by atoms with Gasteiger partial charge in [-0.15, -0.1) is 0 Å². The lowest BCUT2D eigenvalue weighted by Crippen LogP contribution is -1.80. The molecule has 0 fully saturated rings. The van der Waals surface area contributed by atoms with Gasteiger partial charge in [-0.1, -0.05) is 33.8 Å². The standard InChI is InChI=1S/C9H7NO.2C2H6/c11-7-8-4-6-10-5-2-1-3-9(8)10;2*1-2/h1-7H;2*1-2H3. The van der Waals surface area contributed by atoms with Crippen molar-refractivity contribution >= 4 is 11.8 Å². The fourth-order valence-electron chi connectivity index (χ4n) is 1.18. The molecule has 2 aromatic rings. The van der Waals surface area contributed by atoms with Crippen molar-refractivity contribution in [3.05, 3.63) is 42.2 Å². The first-order valence-corrected chi connectivity index (χ1v) is 5.43. The molecule has 0 radical (unpaired) electrons. The Bertz CT molecular complexity index is 390. The van der Waals surface area contributed by atoms with Gasteiger partial charge in [0.25, 0.3) is 0 Å². The molecule has 0 unspecified atom stereocenters. The molecular formula is C13H19NO. The Morgan fingerprint density at radius 3 is 2.27 bits per heavy atom. The summed E-state index contributed by atoms with van der Waals surface area (Å²) in [7, 11) is 0. The normalized spacial score (nSPS) is 8.27. The molecule has 0 amide bonds. The second-order valence-electron chi connectivity index (χ2n) is 2.38. The van der Waals surface area contributed by atoms with Crippen LogP contribution in [0.25, 0.3) is 5.52 Å². The van der Waals surface area contributed by atoms with Gasteiger partial charge in [-0.2, -0.15) is 0 Å². The maximum Gasteiger partial charge on any atom is 0.152 e. The Kier molecular flexibility index (Phi) is 6.98. The zero-order chi connectivity index (χ0) is 11.7. The van der Waals surface area contributed by atoms with E-state index in [1.807, 2.05) is 68.8 Å². The second kappa shape index (κ2) is 7.80. The predicted octanol–water partition coefficient (Wildman–Crippen LogP) is 3.80. The van der Waals surface area contributed by atoms with Gasteiger partial charge in [-0.25, -0.2) is 0 Å². The third-order valence-electron chi connectivity index (χ3n) is 1.73. The Labute approximate surface area is 91.5 Å². The van der Waals surface area contributed by atoms with Crippen LogP contribution in [0.2, 0.25) is 0 Å². The summed E-state index contributed by atoms with van der Waals surface area (Å²) in [4.78, 5) is 10.5. The number of aldehydes is 1. The molecule has 2 heteroatoms. The molecule has 0 N–H and O–H groups in total. The molecule has 0 aliphatic carbocycles. The zero-order valence-corrected chi connectivity index (χ0v) is 9.90.